The fourth-order valence-electron chi connectivity index (χ4n) is 5.13. The molecule has 1 aliphatic heterocycles. The summed E-state index contributed by atoms with van der Waals surface area (Å²) in [7, 11) is 3.05. The third-order valence-corrected chi connectivity index (χ3v) is 8.07. The van der Waals surface area contributed by atoms with E-state index in [1.165, 1.54) is 30.5 Å². The standard InChI is InChI=1S/C32H33N3O6S/c1-39-26-15-14-22(18-27(26)40-2)30(32(38)33-19-23-10-6-16-41-23)35(25-12-5-9-21-8-3-4-11-24(21)25)29(36)20-34-31(37)28-13-7-17-42-28/h3-5,7-9,11-15,17-18,23,30H,6,10,16,19-20H2,1-2H3,(H,33,38)(H,34,37)/t23-,30-/m1/s1. The van der Waals surface area contributed by atoms with Gasteiger partial charge in [0.25, 0.3) is 5.91 Å². The van der Waals surface area contributed by atoms with Crippen molar-refractivity contribution in [3.8, 4) is 11.5 Å². The Bertz CT molecular complexity index is 1550. The summed E-state index contributed by atoms with van der Waals surface area (Å²) in [5, 5.41) is 9.23. The molecular formula is C32H33N3O6S. The van der Waals surface area contributed by atoms with E-state index in [2.05, 4.69) is 10.6 Å². The Balaban J connectivity index is 1.58. The first-order chi connectivity index (χ1) is 20.5. The van der Waals surface area contributed by atoms with Crippen LogP contribution < -0.4 is 25.0 Å². The minimum atomic E-state index is -1.09. The van der Waals surface area contributed by atoms with E-state index in [-0.39, 0.29) is 24.5 Å². The quantitative estimate of drug-likeness (QED) is 0.263. The Morgan fingerprint density at radius 3 is 2.52 bits per heavy atom. The van der Waals surface area contributed by atoms with Crippen molar-refractivity contribution in [3.63, 3.8) is 0 Å². The summed E-state index contributed by atoms with van der Waals surface area (Å²) in [6.07, 6.45) is 1.69. The van der Waals surface area contributed by atoms with Crippen LogP contribution in [0.25, 0.3) is 10.8 Å². The molecule has 1 saturated heterocycles. The molecule has 2 atom stereocenters. The summed E-state index contributed by atoms with van der Waals surface area (Å²) in [5.41, 5.74) is 1.05. The normalized spacial score (nSPS) is 15.1. The maximum absolute atomic E-state index is 14.2. The molecule has 0 radical (unpaired) electrons. The molecule has 0 unspecified atom stereocenters. The second-order valence-corrected chi connectivity index (χ2v) is 10.8. The van der Waals surface area contributed by atoms with Crippen LogP contribution in [0.2, 0.25) is 0 Å². The number of methoxy groups -OCH3 is 2. The first-order valence-corrected chi connectivity index (χ1v) is 14.6. The highest BCUT2D eigenvalue weighted by atomic mass is 32.1. The fraction of sp³-hybridized carbons (Fsp3) is 0.281. The van der Waals surface area contributed by atoms with E-state index < -0.39 is 11.9 Å². The van der Waals surface area contributed by atoms with Crippen LogP contribution in [-0.4, -0.2) is 57.7 Å². The van der Waals surface area contributed by atoms with Gasteiger partial charge >= 0.3 is 0 Å². The van der Waals surface area contributed by atoms with Crippen LogP contribution in [0.15, 0.2) is 78.2 Å². The van der Waals surface area contributed by atoms with Crippen molar-refractivity contribution in [2.24, 2.45) is 0 Å². The van der Waals surface area contributed by atoms with Gasteiger partial charge in [-0.2, -0.15) is 0 Å². The Hall–Kier alpha value is -4.41. The van der Waals surface area contributed by atoms with Gasteiger partial charge in [0.2, 0.25) is 11.8 Å². The summed E-state index contributed by atoms with van der Waals surface area (Å²) < 4.78 is 16.7. The fourth-order valence-corrected chi connectivity index (χ4v) is 5.77. The lowest BCUT2D eigenvalue weighted by Gasteiger charge is -2.33. The molecule has 4 aromatic rings. The van der Waals surface area contributed by atoms with E-state index in [4.69, 9.17) is 14.2 Å². The molecule has 5 rings (SSSR count). The van der Waals surface area contributed by atoms with Gasteiger partial charge in [0.1, 0.15) is 6.04 Å². The number of carbonyl (C=O) groups is 3. The van der Waals surface area contributed by atoms with Crippen LogP contribution in [0, 0.1) is 0 Å². The number of anilines is 1. The Kier molecular flexibility index (Phi) is 9.35. The number of rotatable bonds is 11. The molecule has 42 heavy (non-hydrogen) atoms. The molecule has 3 aromatic carbocycles. The Morgan fingerprint density at radius 1 is 0.976 bits per heavy atom. The average molecular weight is 588 g/mol. The number of nitrogens with zero attached hydrogens (tertiary/aromatic N) is 1. The van der Waals surface area contributed by atoms with Crippen molar-refractivity contribution in [2.75, 3.05) is 38.8 Å². The molecule has 10 heteroatoms. The van der Waals surface area contributed by atoms with E-state index in [9.17, 15) is 14.4 Å². The molecule has 0 aliphatic carbocycles. The van der Waals surface area contributed by atoms with Crippen molar-refractivity contribution in [3.05, 3.63) is 88.6 Å². The zero-order valence-corrected chi connectivity index (χ0v) is 24.3. The summed E-state index contributed by atoms with van der Waals surface area (Å²) in [4.78, 5) is 43.0. The second kappa shape index (κ2) is 13.5. The molecule has 1 aliphatic rings. The molecule has 0 bridgehead atoms. The zero-order chi connectivity index (χ0) is 29.5. The van der Waals surface area contributed by atoms with Gasteiger partial charge in [-0.05, 0) is 53.4 Å². The number of hydrogen-bond donors (Lipinski definition) is 2. The van der Waals surface area contributed by atoms with E-state index in [1.807, 2.05) is 42.5 Å². The molecule has 218 valence electrons. The van der Waals surface area contributed by atoms with Gasteiger partial charge in [0.15, 0.2) is 11.5 Å². The summed E-state index contributed by atoms with van der Waals surface area (Å²) in [5.74, 6) is -0.289. The van der Waals surface area contributed by atoms with E-state index in [1.54, 1.807) is 35.7 Å². The van der Waals surface area contributed by atoms with Crippen molar-refractivity contribution in [1.29, 1.82) is 0 Å². The number of amides is 3. The summed E-state index contributed by atoms with van der Waals surface area (Å²) in [6.45, 7) is 0.655. The van der Waals surface area contributed by atoms with Crippen LogP contribution in [0.5, 0.6) is 11.5 Å². The van der Waals surface area contributed by atoms with Gasteiger partial charge in [-0.1, -0.05) is 48.5 Å². The molecular weight excluding hydrogens is 554 g/mol. The number of benzene rings is 3. The van der Waals surface area contributed by atoms with Gasteiger partial charge in [-0.15, -0.1) is 11.3 Å². The van der Waals surface area contributed by atoms with Crippen LogP contribution in [0.3, 0.4) is 0 Å². The predicted octanol–water partition coefficient (Wildman–Crippen LogP) is 4.72. The lowest BCUT2D eigenvalue weighted by Crippen LogP contribution is -2.48. The molecule has 0 saturated carbocycles. The van der Waals surface area contributed by atoms with Gasteiger partial charge in [-0.3, -0.25) is 19.3 Å². The van der Waals surface area contributed by atoms with E-state index in [0.717, 1.165) is 23.6 Å². The van der Waals surface area contributed by atoms with E-state index >= 15 is 0 Å². The highest BCUT2D eigenvalue weighted by molar-refractivity contribution is 7.12. The van der Waals surface area contributed by atoms with Crippen LogP contribution >= 0.6 is 11.3 Å². The number of nitrogens with one attached hydrogen (secondary N) is 2. The third-order valence-electron chi connectivity index (χ3n) is 7.20. The van der Waals surface area contributed by atoms with Crippen molar-refractivity contribution < 1.29 is 28.6 Å². The van der Waals surface area contributed by atoms with Crippen molar-refractivity contribution in [2.45, 2.75) is 25.0 Å². The molecule has 3 amide bonds. The predicted molar refractivity (Wildman–Crippen MR) is 162 cm³/mol. The smallest absolute Gasteiger partial charge is 0.261 e. The number of carbonyl (C=O) groups excluding carboxylic acids is 3. The van der Waals surface area contributed by atoms with Crippen molar-refractivity contribution >= 4 is 45.5 Å². The third kappa shape index (κ3) is 6.40. The summed E-state index contributed by atoms with van der Waals surface area (Å²) >= 11 is 1.28. The van der Waals surface area contributed by atoms with Crippen LogP contribution in [-0.2, 0) is 14.3 Å². The molecule has 2 N–H and O–H groups in total. The molecule has 1 fully saturated rings. The summed E-state index contributed by atoms with van der Waals surface area (Å²) in [6, 6.07) is 20.8. The number of thiophene rings is 1. The van der Waals surface area contributed by atoms with Gasteiger partial charge in [0.05, 0.1) is 37.4 Å². The lowest BCUT2D eigenvalue weighted by molar-refractivity contribution is -0.126. The topological polar surface area (TPSA) is 106 Å². The maximum Gasteiger partial charge on any atom is 0.261 e. The molecule has 2 heterocycles. The van der Waals surface area contributed by atoms with E-state index in [0.29, 0.717) is 40.8 Å². The zero-order valence-electron chi connectivity index (χ0n) is 23.5. The number of ether oxygens (including phenoxy) is 3. The minimum absolute atomic E-state index is 0.0909. The van der Waals surface area contributed by atoms with Gasteiger partial charge in [-0.25, -0.2) is 0 Å². The first kappa shape index (κ1) is 29.1. The van der Waals surface area contributed by atoms with Crippen LogP contribution in [0.4, 0.5) is 5.69 Å². The molecule has 9 nitrogen and oxygen atoms in total. The van der Waals surface area contributed by atoms with Gasteiger partial charge < -0.3 is 24.8 Å². The first-order valence-electron chi connectivity index (χ1n) is 13.7. The average Bonchev–Trinajstić information content (AvgIpc) is 3.76. The highest BCUT2D eigenvalue weighted by Gasteiger charge is 2.35. The Labute approximate surface area is 248 Å². The maximum atomic E-state index is 14.2. The van der Waals surface area contributed by atoms with Crippen LogP contribution in [0.1, 0.15) is 34.1 Å². The monoisotopic (exact) mass is 587 g/mol. The highest BCUT2D eigenvalue weighted by Crippen LogP contribution is 2.37. The van der Waals surface area contributed by atoms with Crippen molar-refractivity contribution in [1.82, 2.24) is 10.6 Å². The minimum Gasteiger partial charge on any atom is -0.493 e. The largest absolute Gasteiger partial charge is 0.493 e. The molecule has 0 spiro atoms. The Morgan fingerprint density at radius 2 is 1.79 bits per heavy atom. The SMILES string of the molecule is COc1ccc([C@H](C(=O)NC[C@H]2CCCO2)N(C(=O)CNC(=O)c2cccs2)c2cccc3ccccc23)cc1OC. The lowest BCUT2D eigenvalue weighted by atomic mass is 10.00. The number of hydrogen-bond acceptors (Lipinski definition) is 7. The second-order valence-electron chi connectivity index (χ2n) is 9.82. The molecule has 1 aromatic heterocycles. The number of fused-ring (bicyclic) bond motifs is 1. The van der Waals surface area contributed by atoms with Gasteiger partial charge in [0, 0.05) is 18.5 Å².